The molecule has 0 heterocycles. The molecule has 4 rings (SSSR count). The van der Waals surface area contributed by atoms with Gasteiger partial charge in [0, 0.05) is 22.5 Å². The van der Waals surface area contributed by atoms with Gasteiger partial charge in [0.15, 0.2) is 5.78 Å². The molecule has 0 aliphatic rings. The molecule has 0 spiro atoms. The monoisotopic (exact) mass is 560 g/mol. The molecule has 42 heavy (non-hydrogen) atoms. The number of carbonyl (C=O) groups is 5. The van der Waals surface area contributed by atoms with E-state index in [-0.39, 0.29) is 28.0 Å². The summed E-state index contributed by atoms with van der Waals surface area (Å²) in [6.45, 7) is 7.20. The molecule has 0 unspecified atom stereocenters. The minimum absolute atomic E-state index is 0.0200. The molecule has 4 N–H and O–H groups in total. The Morgan fingerprint density at radius 1 is 0.524 bits per heavy atom. The van der Waals surface area contributed by atoms with Gasteiger partial charge in [-0.2, -0.15) is 0 Å². The van der Waals surface area contributed by atoms with Crippen LogP contribution in [0.3, 0.4) is 0 Å². The maximum absolute atomic E-state index is 13.0. The smallest absolute Gasteiger partial charge is 0.336 e. The third-order valence-corrected chi connectivity index (χ3v) is 6.32. The fourth-order valence-corrected chi connectivity index (χ4v) is 4.10. The van der Waals surface area contributed by atoms with Crippen LogP contribution in [0.1, 0.15) is 68.5 Å². The Hall–Kier alpha value is -6.09. The zero-order valence-corrected chi connectivity index (χ0v) is 22.1. The molecule has 0 saturated carbocycles. The first kappa shape index (κ1) is 28.9. The molecule has 0 atom stereocenters. The van der Waals surface area contributed by atoms with Gasteiger partial charge in [0.1, 0.15) is 0 Å². The maximum atomic E-state index is 13.0. The topological polar surface area (TPSA) is 150 Å². The molecule has 4 aromatic rings. The van der Waals surface area contributed by atoms with Gasteiger partial charge >= 0.3 is 11.9 Å². The normalized spacial score (nSPS) is 10.3. The Bertz CT molecular complexity index is 1630. The number of hydrogen-bond acceptors (Lipinski definition) is 5. The molecule has 9 heteroatoms. The molecule has 0 radical (unpaired) electrons. The summed E-state index contributed by atoms with van der Waals surface area (Å²) in [4.78, 5) is 61.7. The van der Waals surface area contributed by atoms with Crippen molar-refractivity contribution in [2.45, 2.75) is 0 Å². The van der Waals surface area contributed by atoms with E-state index in [2.05, 4.69) is 23.8 Å². The summed E-state index contributed by atoms with van der Waals surface area (Å²) in [6.07, 6.45) is 2.96. The average molecular weight is 561 g/mol. The van der Waals surface area contributed by atoms with Gasteiger partial charge in [0.05, 0.1) is 22.3 Å². The van der Waals surface area contributed by atoms with Gasteiger partial charge < -0.3 is 20.8 Å². The molecule has 0 aromatic heterocycles. The van der Waals surface area contributed by atoms with Crippen LogP contribution in [0.25, 0.3) is 12.2 Å². The highest BCUT2D eigenvalue weighted by Crippen LogP contribution is 2.20. The number of aromatic carboxylic acids is 2. The van der Waals surface area contributed by atoms with E-state index in [1.165, 1.54) is 84.9 Å². The number of benzene rings is 4. The zero-order chi connectivity index (χ0) is 30.4. The van der Waals surface area contributed by atoms with E-state index in [1.54, 1.807) is 12.1 Å². The van der Waals surface area contributed by atoms with Crippen molar-refractivity contribution < 1.29 is 34.2 Å². The largest absolute Gasteiger partial charge is 0.478 e. The SMILES string of the molecule is C=Cc1ccc(C(=O)Nc2ccc(C(=O)c3ccc(NC(=O)c4ccc(C=C)cc4C(=O)O)cc3)cc2)c(C(=O)O)c1. The molecular weight excluding hydrogens is 536 g/mol. The second kappa shape index (κ2) is 12.4. The number of carbonyl (C=O) groups excluding carboxylic acids is 3. The molecule has 4 aromatic carbocycles. The number of carboxylic acids is 2. The standard InChI is InChI=1S/C33H24N2O7/c1-3-19-5-15-25(27(17-19)32(39)40)30(37)34-23-11-7-21(8-12-23)29(36)22-9-13-24(14-10-22)35-31(38)26-16-6-20(4-2)18-28(26)33(41)42/h3-18H,1-2H2,(H,34,37)(H,35,38)(H,39,40)(H,41,42). The van der Waals surface area contributed by atoms with Gasteiger partial charge in [-0.3, -0.25) is 14.4 Å². The second-order valence-electron chi connectivity index (χ2n) is 9.02. The third-order valence-electron chi connectivity index (χ3n) is 6.32. The molecule has 0 bridgehead atoms. The first-order chi connectivity index (χ1) is 20.1. The lowest BCUT2D eigenvalue weighted by molar-refractivity contribution is 0.0683. The van der Waals surface area contributed by atoms with Crippen LogP contribution in [0.15, 0.2) is 98.1 Å². The highest BCUT2D eigenvalue weighted by atomic mass is 16.4. The van der Waals surface area contributed by atoms with Crippen molar-refractivity contribution in [1.29, 1.82) is 0 Å². The molecule has 2 amide bonds. The number of ketones is 1. The predicted octanol–water partition coefficient (Wildman–Crippen LogP) is 6.10. The predicted molar refractivity (Wildman–Crippen MR) is 159 cm³/mol. The Kier molecular flexibility index (Phi) is 8.53. The lowest BCUT2D eigenvalue weighted by atomic mass is 10.0. The summed E-state index contributed by atoms with van der Waals surface area (Å²) in [5.41, 5.74) is 2.15. The number of nitrogens with one attached hydrogen (secondary N) is 2. The van der Waals surface area contributed by atoms with E-state index >= 15 is 0 Å². The van der Waals surface area contributed by atoms with Gasteiger partial charge in [-0.05, 0) is 83.9 Å². The van der Waals surface area contributed by atoms with Gasteiger partial charge in [-0.25, -0.2) is 9.59 Å². The van der Waals surface area contributed by atoms with Crippen molar-refractivity contribution in [3.05, 3.63) is 143 Å². The first-order valence-corrected chi connectivity index (χ1v) is 12.5. The minimum Gasteiger partial charge on any atom is -0.478 e. The van der Waals surface area contributed by atoms with Crippen LogP contribution in [0.5, 0.6) is 0 Å². The summed E-state index contributed by atoms with van der Waals surface area (Å²) in [5, 5.41) is 24.2. The van der Waals surface area contributed by atoms with Crippen molar-refractivity contribution in [3.8, 4) is 0 Å². The lowest BCUT2D eigenvalue weighted by Gasteiger charge is -2.10. The van der Waals surface area contributed by atoms with E-state index in [0.29, 0.717) is 33.6 Å². The zero-order valence-electron chi connectivity index (χ0n) is 22.1. The van der Waals surface area contributed by atoms with Crippen LogP contribution < -0.4 is 10.6 Å². The van der Waals surface area contributed by atoms with E-state index < -0.39 is 23.8 Å². The average Bonchev–Trinajstić information content (AvgIpc) is 3.00. The van der Waals surface area contributed by atoms with Crippen LogP contribution in [-0.4, -0.2) is 39.7 Å². The van der Waals surface area contributed by atoms with Crippen molar-refractivity contribution in [3.63, 3.8) is 0 Å². The minimum atomic E-state index is -1.25. The molecule has 0 aliphatic heterocycles. The van der Waals surface area contributed by atoms with E-state index in [0.717, 1.165) is 0 Å². The van der Waals surface area contributed by atoms with Gasteiger partial charge in [0.2, 0.25) is 0 Å². The molecule has 0 saturated heterocycles. The number of anilines is 2. The van der Waals surface area contributed by atoms with Gasteiger partial charge in [-0.15, -0.1) is 0 Å². The third kappa shape index (κ3) is 6.37. The van der Waals surface area contributed by atoms with Crippen LogP contribution >= 0.6 is 0 Å². The molecule has 9 nitrogen and oxygen atoms in total. The quantitative estimate of drug-likeness (QED) is 0.171. The van der Waals surface area contributed by atoms with Crippen molar-refractivity contribution in [2.75, 3.05) is 10.6 Å². The van der Waals surface area contributed by atoms with Crippen molar-refractivity contribution >= 4 is 53.1 Å². The van der Waals surface area contributed by atoms with Crippen molar-refractivity contribution in [2.24, 2.45) is 0 Å². The highest BCUT2D eigenvalue weighted by molar-refractivity contribution is 6.13. The second-order valence-corrected chi connectivity index (χ2v) is 9.02. The van der Waals surface area contributed by atoms with Crippen LogP contribution in [0.4, 0.5) is 11.4 Å². The Balaban J connectivity index is 1.44. The van der Waals surface area contributed by atoms with Gasteiger partial charge in [-0.1, -0.05) is 37.4 Å². The Morgan fingerprint density at radius 2 is 0.881 bits per heavy atom. The molecule has 0 aliphatic carbocycles. The number of carboxylic acid groups (broad SMARTS) is 2. The summed E-state index contributed by atoms with van der Waals surface area (Å²) in [6, 6.07) is 20.9. The number of amides is 2. The summed E-state index contributed by atoms with van der Waals surface area (Å²) >= 11 is 0. The molecular formula is C33H24N2O7. The van der Waals surface area contributed by atoms with E-state index in [9.17, 15) is 34.2 Å². The van der Waals surface area contributed by atoms with Crippen molar-refractivity contribution in [1.82, 2.24) is 0 Å². The van der Waals surface area contributed by atoms with E-state index in [1.807, 2.05) is 0 Å². The van der Waals surface area contributed by atoms with Crippen LogP contribution in [-0.2, 0) is 0 Å². The van der Waals surface area contributed by atoms with Gasteiger partial charge in [0.25, 0.3) is 11.8 Å². The highest BCUT2D eigenvalue weighted by Gasteiger charge is 2.19. The number of hydrogen-bond donors (Lipinski definition) is 4. The van der Waals surface area contributed by atoms with Crippen LogP contribution in [0.2, 0.25) is 0 Å². The van der Waals surface area contributed by atoms with Crippen LogP contribution in [0, 0.1) is 0 Å². The summed E-state index contributed by atoms with van der Waals surface area (Å²) in [7, 11) is 0. The first-order valence-electron chi connectivity index (χ1n) is 12.5. The fraction of sp³-hybridized carbons (Fsp3) is 0. The molecule has 0 fully saturated rings. The van der Waals surface area contributed by atoms with E-state index in [4.69, 9.17) is 0 Å². The fourth-order valence-electron chi connectivity index (χ4n) is 4.10. The Morgan fingerprint density at radius 3 is 1.19 bits per heavy atom. The maximum Gasteiger partial charge on any atom is 0.336 e. The molecule has 208 valence electrons. The Labute approximate surface area is 240 Å². The summed E-state index contributed by atoms with van der Waals surface area (Å²) in [5.74, 6) is -4.05. The summed E-state index contributed by atoms with van der Waals surface area (Å²) < 4.78 is 0. The number of rotatable bonds is 10. The lowest BCUT2D eigenvalue weighted by Crippen LogP contribution is -2.17.